The summed E-state index contributed by atoms with van der Waals surface area (Å²) < 4.78 is 9.30. The highest BCUT2D eigenvalue weighted by atomic mass is 16.5. The van der Waals surface area contributed by atoms with Gasteiger partial charge in [-0.05, 0) is 37.3 Å². The molecule has 0 aliphatic heterocycles. The molecule has 2 unspecified atom stereocenters. The highest BCUT2D eigenvalue weighted by Gasteiger charge is 2.28. The fraction of sp³-hybridized carbons (Fsp3) is 0.556. The number of hydrogen-bond acceptors (Lipinski definition) is 4. The summed E-state index contributed by atoms with van der Waals surface area (Å²) in [4.78, 5) is 22.2. The quantitative estimate of drug-likeness (QED) is 0.775. The van der Waals surface area contributed by atoms with Gasteiger partial charge in [0.2, 0.25) is 0 Å². The standard InChI is InChI=1S/C9H16O2.C9H10O2.H2/c2*1-7-5-3-4-6-8(7)9(10)11-2;/h7-8H,3-6H2,1-2H3;3-6H,1-2H3;1H. The third-order valence-electron chi connectivity index (χ3n) is 4.17. The SMILES string of the molecule is COC(=O)C1CCCCC1C.COC(=O)c1ccccc1C.[HH]. The maximum Gasteiger partial charge on any atom is 0.338 e. The van der Waals surface area contributed by atoms with Gasteiger partial charge in [-0.3, -0.25) is 4.79 Å². The first-order valence-electron chi connectivity index (χ1n) is 7.73. The molecule has 0 bridgehead atoms. The van der Waals surface area contributed by atoms with Crippen LogP contribution in [0.5, 0.6) is 0 Å². The van der Waals surface area contributed by atoms with E-state index >= 15 is 0 Å². The van der Waals surface area contributed by atoms with Crippen LogP contribution in [0.2, 0.25) is 0 Å². The molecule has 0 heterocycles. The minimum Gasteiger partial charge on any atom is -0.469 e. The van der Waals surface area contributed by atoms with Crippen LogP contribution in [-0.4, -0.2) is 26.2 Å². The molecule has 1 fully saturated rings. The number of benzene rings is 1. The van der Waals surface area contributed by atoms with Gasteiger partial charge in [-0.2, -0.15) is 0 Å². The fourth-order valence-corrected chi connectivity index (χ4v) is 2.73. The molecule has 1 aliphatic rings. The van der Waals surface area contributed by atoms with Gasteiger partial charge in [0.15, 0.2) is 0 Å². The van der Waals surface area contributed by atoms with Gasteiger partial charge in [-0.1, -0.05) is 38.0 Å². The summed E-state index contributed by atoms with van der Waals surface area (Å²) in [5.41, 5.74) is 1.58. The van der Waals surface area contributed by atoms with Crippen LogP contribution in [0.15, 0.2) is 24.3 Å². The maximum absolute atomic E-state index is 11.2. The van der Waals surface area contributed by atoms with E-state index in [0.717, 1.165) is 12.0 Å². The lowest BCUT2D eigenvalue weighted by atomic mass is 9.80. The van der Waals surface area contributed by atoms with Crippen LogP contribution >= 0.6 is 0 Å². The molecular weight excluding hydrogens is 280 g/mol. The molecule has 1 saturated carbocycles. The van der Waals surface area contributed by atoms with Crippen molar-refractivity contribution < 1.29 is 20.5 Å². The third kappa shape index (κ3) is 5.17. The monoisotopic (exact) mass is 308 g/mol. The average Bonchev–Trinajstić information content (AvgIpc) is 2.55. The van der Waals surface area contributed by atoms with Gasteiger partial charge in [-0.15, -0.1) is 0 Å². The molecule has 124 valence electrons. The predicted molar refractivity (Wildman–Crippen MR) is 87.8 cm³/mol. The number of esters is 2. The van der Waals surface area contributed by atoms with Crippen molar-refractivity contribution in [3.05, 3.63) is 35.4 Å². The summed E-state index contributed by atoms with van der Waals surface area (Å²) in [6, 6.07) is 7.34. The average molecular weight is 308 g/mol. The van der Waals surface area contributed by atoms with E-state index in [1.165, 1.54) is 33.5 Å². The Balaban J connectivity index is 0.000000403. The Morgan fingerprint density at radius 3 is 2.27 bits per heavy atom. The van der Waals surface area contributed by atoms with E-state index in [9.17, 15) is 9.59 Å². The van der Waals surface area contributed by atoms with E-state index < -0.39 is 0 Å². The van der Waals surface area contributed by atoms with Gasteiger partial charge in [0.25, 0.3) is 0 Å². The molecule has 0 aromatic heterocycles. The van der Waals surface area contributed by atoms with Crippen LogP contribution in [-0.2, 0) is 14.3 Å². The minimum absolute atomic E-state index is 0. The van der Waals surface area contributed by atoms with Gasteiger partial charge < -0.3 is 9.47 Å². The van der Waals surface area contributed by atoms with Gasteiger partial charge in [0.05, 0.1) is 25.7 Å². The zero-order valence-electron chi connectivity index (χ0n) is 13.9. The second-order valence-corrected chi connectivity index (χ2v) is 5.70. The van der Waals surface area contributed by atoms with E-state index in [1.807, 2.05) is 25.1 Å². The topological polar surface area (TPSA) is 52.6 Å². The number of ether oxygens (including phenoxy) is 2. The number of carbonyl (C=O) groups is 2. The number of hydrogen-bond donors (Lipinski definition) is 0. The Morgan fingerprint density at radius 1 is 1.09 bits per heavy atom. The van der Waals surface area contributed by atoms with E-state index in [0.29, 0.717) is 11.5 Å². The lowest BCUT2D eigenvalue weighted by molar-refractivity contribution is -0.148. The molecule has 4 heteroatoms. The largest absolute Gasteiger partial charge is 0.469 e. The summed E-state index contributed by atoms with van der Waals surface area (Å²) in [7, 11) is 2.86. The molecule has 0 spiro atoms. The number of rotatable bonds is 2. The Bertz CT molecular complexity index is 502. The van der Waals surface area contributed by atoms with Crippen molar-refractivity contribution in [1.82, 2.24) is 0 Å². The summed E-state index contributed by atoms with van der Waals surface area (Å²) in [6.07, 6.45) is 4.66. The molecule has 0 saturated heterocycles. The molecule has 1 aromatic rings. The third-order valence-corrected chi connectivity index (χ3v) is 4.17. The first-order chi connectivity index (χ1) is 10.5. The van der Waals surface area contributed by atoms with Crippen LogP contribution in [0.3, 0.4) is 0 Å². The maximum atomic E-state index is 11.2. The molecule has 2 rings (SSSR count). The van der Waals surface area contributed by atoms with E-state index in [-0.39, 0.29) is 19.3 Å². The fourth-order valence-electron chi connectivity index (χ4n) is 2.73. The van der Waals surface area contributed by atoms with E-state index in [2.05, 4.69) is 11.7 Å². The first kappa shape index (κ1) is 18.2. The van der Waals surface area contributed by atoms with Gasteiger partial charge in [-0.25, -0.2) is 4.79 Å². The molecule has 0 radical (unpaired) electrons. The second-order valence-electron chi connectivity index (χ2n) is 5.70. The highest BCUT2D eigenvalue weighted by Crippen LogP contribution is 2.30. The molecule has 4 nitrogen and oxygen atoms in total. The van der Waals surface area contributed by atoms with Gasteiger partial charge in [0, 0.05) is 1.43 Å². The van der Waals surface area contributed by atoms with Crippen LogP contribution in [0.25, 0.3) is 0 Å². The van der Waals surface area contributed by atoms with Gasteiger partial charge in [0.1, 0.15) is 0 Å². The zero-order chi connectivity index (χ0) is 16.5. The van der Waals surface area contributed by atoms with Crippen molar-refractivity contribution in [3.63, 3.8) is 0 Å². The van der Waals surface area contributed by atoms with Crippen LogP contribution < -0.4 is 0 Å². The zero-order valence-corrected chi connectivity index (χ0v) is 13.9. The smallest absolute Gasteiger partial charge is 0.338 e. The first-order valence-corrected chi connectivity index (χ1v) is 7.73. The second kappa shape index (κ2) is 9.23. The predicted octanol–water partition coefficient (Wildman–Crippen LogP) is 4.01. The van der Waals surface area contributed by atoms with E-state index in [4.69, 9.17) is 4.74 Å². The Kier molecular flexibility index (Phi) is 7.64. The van der Waals surface area contributed by atoms with Crippen molar-refractivity contribution in [2.75, 3.05) is 14.2 Å². The minimum atomic E-state index is -0.275. The molecule has 0 amide bonds. The molecular formula is C18H28O4. The molecule has 0 N–H and O–H groups in total. The summed E-state index contributed by atoms with van der Waals surface area (Å²) in [6.45, 7) is 4.02. The Morgan fingerprint density at radius 2 is 1.73 bits per heavy atom. The highest BCUT2D eigenvalue weighted by molar-refractivity contribution is 5.90. The molecule has 2 atom stereocenters. The molecule has 22 heavy (non-hydrogen) atoms. The van der Waals surface area contributed by atoms with Crippen molar-refractivity contribution >= 4 is 11.9 Å². The summed E-state index contributed by atoms with van der Waals surface area (Å²) in [5.74, 6) is 0.408. The normalized spacial score (nSPS) is 20.4. The van der Waals surface area contributed by atoms with Crippen LogP contribution in [0.1, 0.15) is 50.0 Å². The summed E-state index contributed by atoms with van der Waals surface area (Å²) >= 11 is 0. The number of aryl methyl sites for hydroxylation is 1. The number of carbonyl (C=O) groups excluding carboxylic acids is 2. The van der Waals surface area contributed by atoms with Crippen molar-refractivity contribution in [2.45, 2.75) is 39.5 Å². The van der Waals surface area contributed by atoms with Crippen molar-refractivity contribution in [3.8, 4) is 0 Å². The Hall–Kier alpha value is -1.84. The van der Waals surface area contributed by atoms with Crippen LogP contribution in [0, 0.1) is 18.8 Å². The van der Waals surface area contributed by atoms with Crippen molar-refractivity contribution in [2.24, 2.45) is 11.8 Å². The van der Waals surface area contributed by atoms with Crippen LogP contribution in [0.4, 0.5) is 0 Å². The van der Waals surface area contributed by atoms with E-state index in [1.54, 1.807) is 6.07 Å². The van der Waals surface area contributed by atoms with Gasteiger partial charge >= 0.3 is 11.9 Å². The lowest BCUT2D eigenvalue weighted by Crippen LogP contribution is -2.26. The Labute approximate surface area is 134 Å². The molecule has 1 aromatic carbocycles. The molecule has 1 aliphatic carbocycles. The summed E-state index contributed by atoms with van der Waals surface area (Å²) in [5, 5.41) is 0. The van der Waals surface area contributed by atoms with Crippen molar-refractivity contribution in [1.29, 1.82) is 0 Å². The lowest BCUT2D eigenvalue weighted by Gasteiger charge is -2.25. The number of methoxy groups -OCH3 is 2.